The Morgan fingerprint density at radius 3 is 2.50 bits per heavy atom. The molecule has 1 aliphatic rings. The molecule has 1 aliphatic heterocycles. The second-order valence-corrected chi connectivity index (χ2v) is 6.19. The summed E-state index contributed by atoms with van der Waals surface area (Å²) in [5.74, 6) is -0.0301. The lowest BCUT2D eigenvalue weighted by Gasteiger charge is -2.09. The van der Waals surface area contributed by atoms with Crippen molar-refractivity contribution in [3.8, 4) is 5.75 Å². The highest BCUT2D eigenvalue weighted by Gasteiger charge is 2.31. The van der Waals surface area contributed by atoms with Crippen LogP contribution in [0.3, 0.4) is 0 Å². The number of imide groups is 1. The highest BCUT2D eigenvalue weighted by atomic mass is 32.2. The van der Waals surface area contributed by atoms with E-state index in [4.69, 9.17) is 4.74 Å². The molecule has 2 aromatic rings. The molecule has 0 unspecified atom stereocenters. The van der Waals surface area contributed by atoms with E-state index in [1.807, 2.05) is 18.2 Å². The average molecular weight is 343 g/mol. The quantitative estimate of drug-likeness (QED) is 0.785. The predicted octanol–water partition coefficient (Wildman–Crippen LogP) is 4.07. The van der Waals surface area contributed by atoms with Crippen molar-refractivity contribution in [2.75, 3.05) is 7.05 Å². The van der Waals surface area contributed by atoms with Crippen LogP contribution in [0.25, 0.3) is 6.08 Å². The van der Waals surface area contributed by atoms with Gasteiger partial charge in [-0.05, 0) is 41.6 Å². The van der Waals surface area contributed by atoms with Gasteiger partial charge >= 0.3 is 0 Å². The number of likely N-dealkylation sites (N-methyl/N-ethyl adjacent to an activating group) is 1. The molecule has 0 bridgehead atoms. The minimum Gasteiger partial charge on any atom is -0.488 e. The van der Waals surface area contributed by atoms with Crippen molar-refractivity contribution in [3.05, 3.63) is 70.4 Å². The molecule has 1 fully saturated rings. The molecule has 4 nitrogen and oxygen atoms in total. The highest BCUT2D eigenvalue weighted by molar-refractivity contribution is 8.18. The molecule has 0 spiro atoms. The molecular weight excluding hydrogens is 329 g/mol. The van der Waals surface area contributed by atoms with E-state index in [-0.39, 0.29) is 23.6 Å². The number of nitrogens with zero attached hydrogens (tertiary/aromatic N) is 1. The van der Waals surface area contributed by atoms with Gasteiger partial charge in [0.15, 0.2) is 0 Å². The fraction of sp³-hybridized carbons (Fsp3) is 0.111. The Kier molecular flexibility index (Phi) is 4.66. The Labute approximate surface area is 142 Å². The zero-order valence-electron chi connectivity index (χ0n) is 12.9. The number of carbonyl (C=O) groups is 2. The second kappa shape index (κ2) is 6.88. The summed E-state index contributed by atoms with van der Waals surface area (Å²) in [6.45, 7) is 0.278. The highest BCUT2D eigenvalue weighted by Crippen LogP contribution is 2.33. The van der Waals surface area contributed by atoms with Crippen LogP contribution in [0.4, 0.5) is 9.18 Å². The van der Waals surface area contributed by atoms with E-state index in [0.717, 1.165) is 22.2 Å². The summed E-state index contributed by atoms with van der Waals surface area (Å²) >= 11 is 0.903. The lowest BCUT2D eigenvalue weighted by molar-refractivity contribution is -0.121. The van der Waals surface area contributed by atoms with Crippen LogP contribution in [0.15, 0.2) is 53.4 Å². The number of rotatable bonds is 4. The lowest BCUT2D eigenvalue weighted by atomic mass is 10.1. The zero-order chi connectivity index (χ0) is 17.1. The summed E-state index contributed by atoms with van der Waals surface area (Å²) in [7, 11) is 1.45. The van der Waals surface area contributed by atoms with Crippen LogP contribution in [0.2, 0.25) is 0 Å². The average Bonchev–Trinajstić information content (AvgIpc) is 2.82. The third-order valence-electron chi connectivity index (χ3n) is 3.50. The van der Waals surface area contributed by atoms with Crippen LogP contribution in [0.1, 0.15) is 11.1 Å². The molecule has 0 radical (unpaired) electrons. The van der Waals surface area contributed by atoms with Gasteiger partial charge in [0.2, 0.25) is 0 Å². The lowest BCUT2D eigenvalue weighted by Crippen LogP contribution is -2.22. The van der Waals surface area contributed by atoms with Crippen molar-refractivity contribution < 1.29 is 18.7 Å². The Balaban J connectivity index is 1.79. The zero-order valence-corrected chi connectivity index (χ0v) is 13.7. The molecule has 6 heteroatoms. The number of para-hydroxylation sites is 1. The summed E-state index contributed by atoms with van der Waals surface area (Å²) in [5.41, 5.74) is 1.54. The number of hydrogen-bond acceptors (Lipinski definition) is 4. The topological polar surface area (TPSA) is 46.6 Å². The molecule has 1 heterocycles. The van der Waals surface area contributed by atoms with Crippen LogP contribution < -0.4 is 4.74 Å². The number of hydrogen-bond donors (Lipinski definition) is 0. The standard InChI is InChI=1S/C18H14FNO3S/c1-20-17(21)16(24-18(20)22)10-13-4-2-3-5-15(13)23-11-12-6-8-14(19)9-7-12/h2-10H,11H2,1H3/b16-10-. The maximum absolute atomic E-state index is 12.9. The van der Waals surface area contributed by atoms with E-state index < -0.39 is 0 Å². The first-order valence-corrected chi connectivity index (χ1v) is 8.04. The smallest absolute Gasteiger partial charge is 0.293 e. The van der Waals surface area contributed by atoms with E-state index in [9.17, 15) is 14.0 Å². The van der Waals surface area contributed by atoms with Crippen LogP contribution in [-0.4, -0.2) is 23.1 Å². The van der Waals surface area contributed by atoms with Gasteiger partial charge in [-0.15, -0.1) is 0 Å². The molecular formula is C18H14FNO3S. The van der Waals surface area contributed by atoms with Gasteiger partial charge in [-0.25, -0.2) is 4.39 Å². The molecule has 0 N–H and O–H groups in total. The number of carbonyl (C=O) groups excluding carboxylic acids is 2. The van der Waals surface area contributed by atoms with Gasteiger partial charge in [0.1, 0.15) is 18.2 Å². The Bertz CT molecular complexity index is 817. The minimum atomic E-state index is -0.321. The third-order valence-corrected chi connectivity index (χ3v) is 4.46. The number of halogens is 1. The summed E-state index contributed by atoms with van der Waals surface area (Å²) in [6, 6.07) is 13.3. The molecule has 2 amide bonds. The second-order valence-electron chi connectivity index (χ2n) is 5.19. The summed E-state index contributed by atoms with van der Waals surface area (Å²) in [5, 5.41) is -0.295. The molecule has 2 aromatic carbocycles. The van der Waals surface area contributed by atoms with E-state index in [1.165, 1.54) is 19.2 Å². The SMILES string of the molecule is CN1C(=O)S/C(=C\c2ccccc2OCc2ccc(F)cc2)C1=O. The molecule has 0 aromatic heterocycles. The van der Waals surface area contributed by atoms with Gasteiger partial charge in [-0.2, -0.15) is 0 Å². The van der Waals surface area contributed by atoms with Crippen LogP contribution in [0.5, 0.6) is 5.75 Å². The minimum absolute atomic E-state index is 0.278. The van der Waals surface area contributed by atoms with E-state index >= 15 is 0 Å². The van der Waals surface area contributed by atoms with Crippen LogP contribution in [0, 0.1) is 5.82 Å². The van der Waals surface area contributed by atoms with Crippen molar-refractivity contribution in [2.24, 2.45) is 0 Å². The van der Waals surface area contributed by atoms with Crippen molar-refractivity contribution in [1.82, 2.24) is 4.90 Å². The number of benzene rings is 2. The van der Waals surface area contributed by atoms with Gasteiger partial charge in [-0.1, -0.05) is 30.3 Å². The number of thioether (sulfide) groups is 1. The van der Waals surface area contributed by atoms with Gasteiger partial charge in [-0.3, -0.25) is 14.5 Å². The third kappa shape index (κ3) is 3.49. The Morgan fingerprint density at radius 1 is 1.12 bits per heavy atom. The van der Waals surface area contributed by atoms with E-state index in [0.29, 0.717) is 16.2 Å². The number of ether oxygens (including phenoxy) is 1. The first kappa shape index (κ1) is 16.3. The first-order valence-electron chi connectivity index (χ1n) is 7.22. The molecule has 24 heavy (non-hydrogen) atoms. The Hall–Kier alpha value is -2.60. The monoisotopic (exact) mass is 343 g/mol. The normalized spacial score (nSPS) is 16.1. The van der Waals surface area contributed by atoms with Crippen molar-refractivity contribution in [1.29, 1.82) is 0 Å². The first-order chi connectivity index (χ1) is 11.5. The summed E-state index contributed by atoms with van der Waals surface area (Å²) in [4.78, 5) is 25.0. The molecule has 0 aliphatic carbocycles. The molecule has 0 atom stereocenters. The van der Waals surface area contributed by atoms with Crippen molar-refractivity contribution >= 4 is 29.0 Å². The van der Waals surface area contributed by atoms with Gasteiger partial charge in [0.25, 0.3) is 11.1 Å². The molecule has 122 valence electrons. The van der Waals surface area contributed by atoms with E-state index in [2.05, 4.69) is 0 Å². The van der Waals surface area contributed by atoms with E-state index in [1.54, 1.807) is 24.3 Å². The van der Waals surface area contributed by atoms with Crippen LogP contribution in [-0.2, 0) is 11.4 Å². The largest absolute Gasteiger partial charge is 0.488 e. The molecule has 1 saturated heterocycles. The Morgan fingerprint density at radius 2 is 1.83 bits per heavy atom. The van der Waals surface area contributed by atoms with Gasteiger partial charge in [0.05, 0.1) is 4.91 Å². The predicted molar refractivity (Wildman–Crippen MR) is 90.9 cm³/mol. The molecule has 3 rings (SSSR count). The maximum atomic E-state index is 12.9. The summed E-state index contributed by atoms with van der Waals surface area (Å²) < 4.78 is 18.7. The fourth-order valence-corrected chi connectivity index (χ4v) is 2.98. The van der Waals surface area contributed by atoms with Crippen molar-refractivity contribution in [2.45, 2.75) is 6.61 Å². The number of amides is 2. The van der Waals surface area contributed by atoms with Gasteiger partial charge in [0, 0.05) is 12.6 Å². The fourth-order valence-electron chi connectivity index (χ4n) is 2.16. The van der Waals surface area contributed by atoms with Crippen molar-refractivity contribution in [3.63, 3.8) is 0 Å². The summed E-state index contributed by atoms with van der Waals surface area (Å²) in [6.07, 6.45) is 1.65. The van der Waals surface area contributed by atoms with Crippen LogP contribution >= 0.6 is 11.8 Å². The van der Waals surface area contributed by atoms with Gasteiger partial charge < -0.3 is 4.74 Å². The molecule has 0 saturated carbocycles. The maximum Gasteiger partial charge on any atom is 0.293 e.